The molecule has 0 unspecified atom stereocenters. The van der Waals surface area contributed by atoms with Gasteiger partial charge in [-0.1, -0.05) is 78.5 Å². The van der Waals surface area contributed by atoms with Gasteiger partial charge in [0, 0.05) is 33.8 Å². The molecule has 0 saturated heterocycles. The minimum Gasteiger partial charge on any atom is -0.272 e. The quantitative estimate of drug-likeness (QED) is 0.173. The van der Waals surface area contributed by atoms with Gasteiger partial charge in [-0.05, 0) is 75.6 Å². The largest absolute Gasteiger partial charge is 0.272 e. The molecule has 0 radical (unpaired) electrons. The van der Waals surface area contributed by atoms with E-state index in [4.69, 9.17) is 4.74 Å². The van der Waals surface area contributed by atoms with Crippen molar-refractivity contribution in [2.24, 2.45) is 22.5 Å². The number of rotatable bonds is 11. The van der Waals surface area contributed by atoms with E-state index in [9.17, 15) is 0 Å². The molecular weight excluding hydrogens is 393 g/mol. The van der Waals surface area contributed by atoms with Crippen molar-refractivity contribution in [1.82, 2.24) is 0 Å². The summed E-state index contributed by atoms with van der Waals surface area (Å²) >= 11 is 0. The molecule has 28 heavy (non-hydrogen) atoms. The Morgan fingerprint density at radius 2 is 1.43 bits per heavy atom. The predicted molar refractivity (Wildman–Crippen MR) is 129 cm³/mol. The Kier molecular flexibility index (Phi) is 19.1. The van der Waals surface area contributed by atoms with Crippen LogP contribution in [0.2, 0.25) is 0 Å². The molecule has 0 atom stereocenters. The average molecular weight is 439 g/mol. The van der Waals surface area contributed by atoms with Gasteiger partial charge < -0.3 is 0 Å². The van der Waals surface area contributed by atoms with Gasteiger partial charge in [0.05, 0.1) is 0 Å². The van der Waals surface area contributed by atoms with Gasteiger partial charge in [-0.25, -0.2) is 0 Å². The molecule has 0 N–H and O–H groups in total. The summed E-state index contributed by atoms with van der Waals surface area (Å²) < 4.78 is 5.43. The standard InChI is InChI=1S/C20H38NP.C5H8.Ti/c1-17(2)11-14-22(15-12-18(3)4,16-13-19(5)6)21-20-9-7-8-10-20;1-3-5-4-2;/h7-9,17-19H,10-16H2,1-6H3;3-5H,1H2,2H3;. The summed E-state index contributed by atoms with van der Waals surface area (Å²) in [6.07, 6.45) is 21.4. The summed E-state index contributed by atoms with van der Waals surface area (Å²) in [5.74, 6) is 2.38. The minimum atomic E-state index is -1.19. The fourth-order valence-corrected chi connectivity index (χ4v) is 7.55. The molecule has 0 fully saturated rings. The molecule has 0 aliphatic heterocycles. The summed E-state index contributed by atoms with van der Waals surface area (Å²) in [6.45, 7) is 19.6. The van der Waals surface area contributed by atoms with Crippen LogP contribution in [-0.4, -0.2) is 18.5 Å². The second-order valence-corrected chi connectivity index (χ2v) is 12.7. The molecule has 0 heterocycles. The summed E-state index contributed by atoms with van der Waals surface area (Å²) in [5, 5.41) is 0. The van der Waals surface area contributed by atoms with Crippen LogP contribution >= 0.6 is 7.05 Å². The molecule has 0 saturated carbocycles. The minimum absolute atomic E-state index is 0. The average Bonchev–Trinajstić information content (AvgIpc) is 3.10. The van der Waals surface area contributed by atoms with Gasteiger partial charge in [0.1, 0.15) is 0 Å². The van der Waals surface area contributed by atoms with Gasteiger partial charge in [0.2, 0.25) is 0 Å². The van der Waals surface area contributed by atoms with Crippen LogP contribution in [0.1, 0.15) is 74.1 Å². The van der Waals surface area contributed by atoms with E-state index in [0.717, 1.165) is 24.2 Å². The maximum atomic E-state index is 5.43. The summed E-state index contributed by atoms with van der Waals surface area (Å²) in [7, 11) is -1.19. The van der Waals surface area contributed by atoms with Crippen molar-refractivity contribution in [3.8, 4) is 0 Å². The first kappa shape index (κ1) is 30.1. The van der Waals surface area contributed by atoms with E-state index < -0.39 is 7.05 Å². The summed E-state index contributed by atoms with van der Waals surface area (Å²) in [4.78, 5) is 0. The van der Waals surface area contributed by atoms with Gasteiger partial charge >= 0.3 is 0 Å². The molecule has 0 aromatic carbocycles. The molecule has 160 valence electrons. The third-order valence-corrected chi connectivity index (χ3v) is 8.74. The molecule has 0 amide bonds. The van der Waals surface area contributed by atoms with E-state index in [0.29, 0.717) is 0 Å². The monoisotopic (exact) mass is 439 g/mol. The van der Waals surface area contributed by atoms with E-state index in [2.05, 4.69) is 66.3 Å². The molecule has 1 nitrogen and oxygen atoms in total. The molecule has 0 aromatic heterocycles. The fraction of sp³-hybridized carbons (Fsp3) is 0.680. The van der Waals surface area contributed by atoms with E-state index >= 15 is 0 Å². The van der Waals surface area contributed by atoms with Crippen molar-refractivity contribution < 1.29 is 21.7 Å². The Morgan fingerprint density at radius 3 is 1.68 bits per heavy atom. The van der Waals surface area contributed by atoms with Crippen LogP contribution in [0.5, 0.6) is 0 Å². The predicted octanol–water partition coefficient (Wildman–Crippen LogP) is 8.92. The Hall–Kier alpha value is -0.0957. The van der Waals surface area contributed by atoms with Crippen molar-refractivity contribution in [2.45, 2.75) is 74.1 Å². The van der Waals surface area contributed by atoms with Gasteiger partial charge in [0.25, 0.3) is 0 Å². The second-order valence-electron chi connectivity index (χ2n) is 8.97. The van der Waals surface area contributed by atoms with Gasteiger partial charge in [-0.3, -0.25) is 4.74 Å². The van der Waals surface area contributed by atoms with Crippen molar-refractivity contribution >= 4 is 7.05 Å². The topological polar surface area (TPSA) is 12.4 Å². The zero-order chi connectivity index (χ0) is 20.7. The zero-order valence-corrected chi connectivity index (χ0v) is 22.2. The molecule has 1 aliphatic carbocycles. The van der Waals surface area contributed by atoms with Crippen LogP contribution in [-0.2, 0) is 21.7 Å². The first-order chi connectivity index (χ1) is 12.7. The fourth-order valence-electron chi connectivity index (χ4n) is 2.90. The third-order valence-electron chi connectivity index (χ3n) is 4.79. The van der Waals surface area contributed by atoms with E-state index in [1.165, 1.54) is 43.4 Å². The molecule has 3 heteroatoms. The molecular formula is C25H46NPTi. The molecule has 0 spiro atoms. The molecule has 0 bridgehead atoms. The van der Waals surface area contributed by atoms with Crippen LogP contribution in [0.3, 0.4) is 0 Å². The first-order valence-corrected chi connectivity index (χ1v) is 13.2. The van der Waals surface area contributed by atoms with Crippen molar-refractivity contribution in [3.05, 3.63) is 48.7 Å². The van der Waals surface area contributed by atoms with Gasteiger partial charge in [-0.15, -0.1) is 0 Å². The third kappa shape index (κ3) is 15.8. The number of hydrogen-bond acceptors (Lipinski definition) is 1. The van der Waals surface area contributed by atoms with E-state index in [-0.39, 0.29) is 21.7 Å². The maximum absolute atomic E-state index is 5.43. The van der Waals surface area contributed by atoms with Crippen molar-refractivity contribution in [1.29, 1.82) is 0 Å². The number of allylic oxidation sites excluding steroid dienone is 6. The smallest absolute Gasteiger partial charge is 0.0425 e. The zero-order valence-electron chi connectivity index (χ0n) is 19.7. The molecule has 1 rings (SSSR count). The molecule has 0 aromatic rings. The van der Waals surface area contributed by atoms with Crippen LogP contribution in [0.4, 0.5) is 0 Å². The van der Waals surface area contributed by atoms with Crippen LogP contribution < -0.4 is 0 Å². The van der Waals surface area contributed by atoms with Crippen molar-refractivity contribution in [3.63, 3.8) is 0 Å². The van der Waals surface area contributed by atoms with Crippen LogP contribution in [0.25, 0.3) is 0 Å². The Bertz CT molecular complexity index is 501. The SMILES string of the molecule is C=CC=CC.CC(C)CCP(CCC(C)C)(CCC(C)C)=NC1=CC=CC1.[Ti]. The Morgan fingerprint density at radius 1 is 0.964 bits per heavy atom. The molecule has 1 aliphatic rings. The number of nitrogens with zero attached hydrogens (tertiary/aromatic N) is 1. The summed E-state index contributed by atoms with van der Waals surface area (Å²) in [5.41, 5.74) is 1.35. The van der Waals surface area contributed by atoms with E-state index in [1.54, 1.807) is 6.08 Å². The van der Waals surface area contributed by atoms with Crippen molar-refractivity contribution in [2.75, 3.05) is 18.5 Å². The maximum Gasteiger partial charge on any atom is 0.0425 e. The van der Waals surface area contributed by atoms with Crippen LogP contribution in [0.15, 0.2) is 53.5 Å². The normalized spacial score (nSPS) is 13.6. The summed E-state index contributed by atoms with van der Waals surface area (Å²) in [6, 6.07) is 0. The van der Waals surface area contributed by atoms with E-state index in [1.807, 2.05) is 19.1 Å². The Labute approximate surface area is 192 Å². The Balaban J connectivity index is 0. The number of hydrogen-bond donors (Lipinski definition) is 0. The first-order valence-electron chi connectivity index (χ1n) is 10.9. The second kappa shape index (κ2) is 17.7. The van der Waals surface area contributed by atoms with Crippen LogP contribution in [0, 0.1) is 17.8 Å². The van der Waals surface area contributed by atoms with Gasteiger partial charge in [-0.2, -0.15) is 0 Å². The van der Waals surface area contributed by atoms with Gasteiger partial charge in [0.15, 0.2) is 0 Å².